The molecule has 0 aliphatic heterocycles. The second-order valence-corrected chi connectivity index (χ2v) is 6.84. The lowest BCUT2D eigenvalue weighted by Crippen LogP contribution is -2.08. The van der Waals surface area contributed by atoms with Gasteiger partial charge in [0.15, 0.2) is 6.29 Å². The molecule has 0 saturated carbocycles. The molecule has 1 aromatic carbocycles. The van der Waals surface area contributed by atoms with Crippen molar-refractivity contribution in [3.05, 3.63) is 47.8 Å². The summed E-state index contributed by atoms with van der Waals surface area (Å²) in [5.41, 5.74) is 0.224. The smallest absolute Gasteiger partial charge is 0.310 e. The molecule has 1 N–H and O–H groups in total. The molecule has 120 valence electrons. The Morgan fingerprint density at radius 3 is 2.27 bits per heavy atom. The van der Waals surface area contributed by atoms with E-state index in [1.165, 1.54) is 18.5 Å². The number of anilines is 1. The molecule has 0 aliphatic carbocycles. The van der Waals surface area contributed by atoms with Gasteiger partial charge in [-0.15, -0.1) is 0 Å². The van der Waals surface area contributed by atoms with Gasteiger partial charge in [-0.25, -0.2) is 9.97 Å². The summed E-state index contributed by atoms with van der Waals surface area (Å²) in [4.78, 5) is 16.0. The number of benzene rings is 1. The molecule has 2 aromatic rings. The highest BCUT2D eigenvalue weighted by molar-refractivity contribution is 8.45. The number of carbonyl (C=O) groups is 1. The van der Waals surface area contributed by atoms with Crippen molar-refractivity contribution in [1.29, 1.82) is 0 Å². The minimum atomic E-state index is -9.69. The second kappa shape index (κ2) is 4.63. The molecule has 10 heteroatoms. The number of aromatic nitrogens is 2. The van der Waals surface area contributed by atoms with Crippen LogP contribution in [0.3, 0.4) is 0 Å². The van der Waals surface area contributed by atoms with E-state index in [0.29, 0.717) is 18.4 Å². The van der Waals surface area contributed by atoms with Crippen LogP contribution in [0.25, 0.3) is 0 Å². The van der Waals surface area contributed by atoms with Crippen LogP contribution in [0.1, 0.15) is 15.9 Å². The normalized spacial score (nSPS) is 14.8. The van der Waals surface area contributed by atoms with Crippen molar-refractivity contribution in [3.8, 4) is 0 Å². The van der Waals surface area contributed by atoms with Gasteiger partial charge in [-0.3, -0.25) is 4.79 Å². The predicted molar refractivity (Wildman–Crippen MR) is 72.6 cm³/mol. The van der Waals surface area contributed by atoms with E-state index in [9.17, 15) is 24.2 Å². The molecule has 0 aliphatic rings. The largest absolute Gasteiger partial charge is 0.350 e. The van der Waals surface area contributed by atoms with E-state index in [2.05, 4.69) is 15.3 Å². The summed E-state index contributed by atoms with van der Waals surface area (Å²) >= 11 is 0. The van der Waals surface area contributed by atoms with Gasteiger partial charge in [-0.2, -0.15) is 0 Å². The highest BCUT2D eigenvalue weighted by Gasteiger charge is 2.65. The fourth-order valence-electron chi connectivity index (χ4n) is 1.57. The van der Waals surface area contributed by atoms with Crippen LogP contribution in [0, 0.1) is 0 Å². The lowest BCUT2D eigenvalue weighted by atomic mass is 10.2. The van der Waals surface area contributed by atoms with Crippen LogP contribution in [0.5, 0.6) is 0 Å². The third-order valence-electron chi connectivity index (χ3n) is 2.60. The van der Waals surface area contributed by atoms with Gasteiger partial charge in [0.1, 0.15) is 4.90 Å². The van der Waals surface area contributed by atoms with Crippen LogP contribution in [0.2, 0.25) is 0 Å². The molecule has 0 radical (unpaired) electrons. The Kier molecular flexibility index (Phi) is 3.40. The highest BCUT2D eigenvalue weighted by atomic mass is 32.5. The Morgan fingerprint density at radius 1 is 1.09 bits per heavy atom. The maximum Gasteiger partial charge on any atom is 0.310 e. The van der Waals surface area contributed by atoms with E-state index in [0.717, 1.165) is 6.07 Å². The first kappa shape index (κ1) is 16.1. The number of nitrogens with zero attached hydrogens (tertiary/aromatic N) is 2. The molecule has 0 spiro atoms. The Balaban J connectivity index is 2.16. The number of nitrogens with one attached hydrogen (secondary N) is 1. The molecule has 2 rings (SSSR count). The fourth-order valence-corrected chi connectivity index (χ4v) is 2.28. The van der Waals surface area contributed by atoms with Gasteiger partial charge in [0, 0.05) is 18.9 Å². The molecule has 0 saturated heterocycles. The van der Waals surface area contributed by atoms with Crippen molar-refractivity contribution in [2.45, 2.75) is 11.4 Å². The van der Waals surface area contributed by atoms with Gasteiger partial charge in [0.05, 0.1) is 5.56 Å². The molecular formula is C12H10F5N3OS. The molecule has 0 bridgehead atoms. The summed E-state index contributed by atoms with van der Waals surface area (Å²) in [7, 11) is -9.69. The van der Waals surface area contributed by atoms with E-state index in [1.807, 2.05) is 0 Å². The topological polar surface area (TPSA) is 54.9 Å². The molecule has 22 heavy (non-hydrogen) atoms. The standard InChI is InChI=1S/C12H10F5N3OS/c13-22(14,15,16,17)11-3-1-2-9(4-11)5-18-12-19-6-10(8-21)7-20-12/h1-4,6-8H,5H2,(H,18,19,20). The SMILES string of the molecule is O=Cc1cnc(NCc2cccc(S(F)(F)(F)(F)F)c2)nc1. The summed E-state index contributed by atoms with van der Waals surface area (Å²) in [6, 6.07) is 2.88. The molecule has 0 amide bonds. The molecule has 1 heterocycles. The van der Waals surface area contributed by atoms with Gasteiger partial charge >= 0.3 is 10.2 Å². The number of hydrogen-bond acceptors (Lipinski definition) is 4. The minimum absolute atomic E-state index is 0.00573. The number of rotatable bonds is 5. The zero-order valence-electron chi connectivity index (χ0n) is 10.8. The lowest BCUT2D eigenvalue weighted by Gasteiger charge is -2.40. The van der Waals surface area contributed by atoms with Gasteiger partial charge < -0.3 is 5.32 Å². The fraction of sp³-hybridized carbons (Fsp3) is 0.0833. The van der Waals surface area contributed by atoms with Crippen molar-refractivity contribution in [2.75, 3.05) is 5.32 Å². The van der Waals surface area contributed by atoms with Crippen LogP contribution in [-0.2, 0) is 6.54 Å². The summed E-state index contributed by atoms with van der Waals surface area (Å²) in [5.74, 6) is 0.0587. The van der Waals surface area contributed by atoms with Crippen LogP contribution in [0.4, 0.5) is 25.4 Å². The molecule has 1 aromatic heterocycles. The summed E-state index contributed by atoms with van der Waals surface area (Å²) < 4.78 is 63.5. The van der Waals surface area contributed by atoms with E-state index < -0.39 is 15.1 Å². The second-order valence-electron chi connectivity index (χ2n) is 4.43. The maximum absolute atomic E-state index is 12.7. The van der Waals surface area contributed by atoms with Crippen molar-refractivity contribution in [2.24, 2.45) is 0 Å². The molecule has 0 fully saturated rings. The first-order chi connectivity index (χ1) is 9.97. The number of hydrogen-bond donors (Lipinski definition) is 1. The van der Waals surface area contributed by atoms with E-state index >= 15 is 0 Å². The maximum atomic E-state index is 12.7. The highest BCUT2D eigenvalue weighted by Crippen LogP contribution is 3.02. The number of carbonyl (C=O) groups excluding carboxylic acids is 1. The van der Waals surface area contributed by atoms with E-state index in [-0.39, 0.29) is 23.6 Å². The molecular weight excluding hydrogens is 329 g/mol. The quantitative estimate of drug-likeness (QED) is 0.641. The predicted octanol–water partition coefficient (Wildman–Crippen LogP) is 4.56. The van der Waals surface area contributed by atoms with Crippen molar-refractivity contribution < 1.29 is 24.2 Å². The lowest BCUT2D eigenvalue weighted by molar-refractivity contribution is 0.112. The van der Waals surface area contributed by atoms with Crippen LogP contribution < -0.4 is 5.32 Å². The Labute approximate surface area is 122 Å². The first-order valence-corrected chi connectivity index (χ1v) is 7.77. The van der Waals surface area contributed by atoms with Crippen LogP contribution >= 0.6 is 10.2 Å². The zero-order valence-corrected chi connectivity index (χ0v) is 11.7. The van der Waals surface area contributed by atoms with Crippen molar-refractivity contribution >= 4 is 22.5 Å². The van der Waals surface area contributed by atoms with Gasteiger partial charge in [0.2, 0.25) is 5.95 Å². The third kappa shape index (κ3) is 4.13. The zero-order chi connectivity index (χ0) is 16.5. The summed E-state index contributed by atoms with van der Waals surface area (Å²) in [6.07, 6.45) is 2.96. The minimum Gasteiger partial charge on any atom is -0.350 e. The molecule has 4 nitrogen and oxygen atoms in total. The van der Waals surface area contributed by atoms with E-state index in [1.54, 1.807) is 0 Å². The van der Waals surface area contributed by atoms with Crippen LogP contribution in [0.15, 0.2) is 41.6 Å². The monoisotopic (exact) mass is 339 g/mol. The summed E-state index contributed by atoms with van der Waals surface area (Å²) in [6.45, 7) is -0.178. The Hall–Kier alpha value is -2.23. The van der Waals surface area contributed by atoms with Gasteiger partial charge in [-0.05, 0) is 17.7 Å². The van der Waals surface area contributed by atoms with Crippen molar-refractivity contribution in [1.82, 2.24) is 9.97 Å². The average Bonchev–Trinajstić information content (AvgIpc) is 2.44. The van der Waals surface area contributed by atoms with Gasteiger partial charge in [0.25, 0.3) is 0 Å². The van der Waals surface area contributed by atoms with Crippen LogP contribution in [-0.4, -0.2) is 16.3 Å². The van der Waals surface area contributed by atoms with E-state index in [4.69, 9.17) is 0 Å². The molecule has 0 atom stereocenters. The van der Waals surface area contributed by atoms with Crippen molar-refractivity contribution in [3.63, 3.8) is 0 Å². The Bertz CT molecular complexity index is 703. The summed E-state index contributed by atoms with van der Waals surface area (Å²) in [5, 5.41) is 2.58. The average molecular weight is 339 g/mol. The Morgan fingerprint density at radius 2 is 1.73 bits per heavy atom. The molecule has 0 unspecified atom stereocenters. The third-order valence-corrected chi connectivity index (χ3v) is 3.75. The number of halogens is 5. The first-order valence-electron chi connectivity index (χ1n) is 5.82. The number of aldehydes is 1. The van der Waals surface area contributed by atoms with Gasteiger partial charge in [-0.1, -0.05) is 31.6 Å².